The average Bonchev–Trinajstić information content (AvgIpc) is 2.95. The van der Waals surface area contributed by atoms with Crippen LogP contribution in [0, 0.1) is 0 Å². The second-order valence-electron chi connectivity index (χ2n) is 5.90. The second-order valence-corrected chi connectivity index (χ2v) is 8.01. The van der Waals surface area contributed by atoms with E-state index in [1.807, 2.05) is 48.5 Å². The minimum Gasteiger partial charge on any atom is -0.496 e. The number of fused-ring (bicyclic) bond motifs is 1. The van der Waals surface area contributed by atoms with E-state index in [1.54, 1.807) is 25.3 Å². The molecule has 4 rings (SSSR count). The van der Waals surface area contributed by atoms with Crippen LogP contribution >= 0.6 is 35.6 Å². The molecule has 0 spiro atoms. The molecular formula is C21H14ClNO2S2. The fourth-order valence-corrected chi connectivity index (χ4v) is 4.50. The van der Waals surface area contributed by atoms with E-state index >= 15 is 0 Å². The van der Waals surface area contributed by atoms with E-state index in [0.717, 1.165) is 16.3 Å². The Balaban J connectivity index is 1.81. The number of halogens is 1. The molecule has 134 valence electrons. The zero-order valence-electron chi connectivity index (χ0n) is 14.3. The third kappa shape index (κ3) is 3.34. The highest BCUT2D eigenvalue weighted by atomic mass is 35.5. The Morgan fingerprint density at radius 2 is 1.93 bits per heavy atom. The zero-order chi connectivity index (χ0) is 19.0. The fraction of sp³-hybridized carbons (Fsp3) is 0.0476. The molecule has 0 saturated carbocycles. The summed E-state index contributed by atoms with van der Waals surface area (Å²) in [4.78, 5) is 15.1. The number of thioether (sulfide) groups is 1. The first kappa shape index (κ1) is 18.0. The SMILES string of the molecule is COc1ccc2ccccc2c1/C=C1/SC(=S)N(c2cccc(Cl)c2)C1=O. The number of hydrogen-bond acceptors (Lipinski definition) is 4. The molecule has 6 heteroatoms. The number of benzene rings is 3. The minimum absolute atomic E-state index is 0.165. The summed E-state index contributed by atoms with van der Waals surface area (Å²) in [6.45, 7) is 0. The Kier molecular flexibility index (Phi) is 4.91. The standard InChI is InChI=1S/C21H14ClNO2S2/c1-25-18-10-9-13-5-2-3-8-16(13)17(18)12-19-20(24)23(21(26)27-19)15-7-4-6-14(22)11-15/h2-12H,1H3/b19-12+. The molecule has 1 aliphatic heterocycles. The van der Waals surface area contributed by atoms with E-state index in [9.17, 15) is 4.79 Å². The Labute approximate surface area is 171 Å². The molecule has 1 saturated heterocycles. The largest absolute Gasteiger partial charge is 0.496 e. The van der Waals surface area contributed by atoms with Crippen LogP contribution in [-0.4, -0.2) is 17.3 Å². The number of ether oxygens (including phenoxy) is 1. The predicted molar refractivity (Wildman–Crippen MR) is 118 cm³/mol. The van der Waals surface area contributed by atoms with E-state index in [-0.39, 0.29) is 5.91 Å². The summed E-state index contributed by atoms with van der Waals surface area (Å²) < 4.78 is 6.00. The molecule has 1 aliphatic rings. The number of carbonyl (C=O) groups is 1. The Hall–Kier alpha value is -2.34. The summed E-state index contributed by atoms with van der Waals surface area (Å²) in [6, 6.07) is 19.0. The third-order valence-corrected chi connectivity index (χ3v) is 5.82. The van der Waals surface area contributed by atoms with Gasteiger partial charge in [0.05, 0.1) is 17.7 Å². The molecule has 0 aliphatic carbocycles. The monoisotopic (exact) mass is 411 g/mol. The van der Waals surface area contributed by atoms with Crippen LogP contribution in [0.25, 0.3) is 16.8 Å². The van der Waals surface area contributed by atoms with Crippen molar-refractivity contribution in [3.63, 3.8) is 0 Å². The Morgan fingerprint density at radius 1 is 1.11 bits per heavy atom. The third-order valence-electron chi connectivity index (χ3n) is 4.29. The van der Waals surface area contributed by atoms with Gasteiger partial charge in [0, 0.05) is 10.6 Å². The lowest BCUT2D eigenvalue weighted by atomic mass is 10.0. The lowest BCUT2D eigenvalue weighted by Gasteiger charge is -2.14. The van der Waals surface area contributed by atoms with Crippen molar-refractivity contribution < 1.29 is 9.53 Å². The van der Waals surface area contributed by atoms with Gasteiger partial charge < -0.3 is 4.74 Å². The molecule has 1 heterocycles. The van der Waals surface area contributed by atoms with E-state index in [4.69, 9.17) is 28.6 Å². The topological polar surface area (TPSA) is 29.5 Å². The van der Waals surface area contributed by atoms with Gasteiger partial charge in [0.1, 0.15) is 5.75 Å². The highest BCUT2D eigenvalue weighted by Gasteiger charge is 2.33. The van der Waals surface area contributed by atoms with Crippen molar-refractivity contribution in [2.45, 2.75) is 0 Å². The average molecular weight is 412 g/mol. The van der Waals surface area contributed by atoms with Crippen molar-refractivity contribution in [3.05, 3.63) is 76.2 Å². The van der Waals surface area contributed by atoms with Gasteiger partial charge in [-0.25, -0.2) is 0 Å². The molecule has 0 N–H and O–H groups in total. The maximum absolute atomic E-state index is 13.0. The lowest BCUT2D eigenvalue weighted by molar-refractivity contribution is -0.113. The normalized spacial score (nSPS) is 15.8. The summed E-state index contributed by atoms with van der Waals surface area (Å²) in [5.41, 5.74) is 1.53. The van der Waals surface area contributed by atoms with Crippen LogP contribution in [0.4, 0.5) is 5.69 Å². The first-order valence-corrected chi connectivity index (χ1v) is 9.78. The van der Waals surface area contributed by atoms with Crippen molar-refractivity contribution in [2.24, 2.45) is 0 Å². The lowest BCUT2D eigenvalue weighted by Crippen LogP contribution is -2.27. The van der Waals surface area contributed by atoms with Gasteiger partial charge in [-0.2, -0.15) is 0 Å². The molecule has 3 nitrogen and oxygen atoms in total. The molecule has 3 aromatic rings. The molecule has 0 unspecified atom stereocenters. The molecule has 0 atom stereocenters. The maximum Gasteiger partial charge on any atom is 0.270 e. The number of rotatable bonds is 3. The van der Waals surface area contributed by atoms with Gasteiger partial charge in [-0.3, -0.25) is 9.69 Å². The van der Waals surface area contributed by atoms with Crippen molar-refractivity contribution in [1.82, 2.24) is 0 Å². The smallest absolute Gasteiger partial charge is 0.270 e. The number of thiocarbonyl (C=S) groups is 1. The van der Waals surface area contributed by atoms with Crippen LogP contribution in [0.3, 0.4) is 0 Å². The highest BCUT2D eigenvalue weighted by Crippen LogP contribution is 2.39. The van der Waals surface area contributed by atoms with Crippen molar-refractivity contribution >= 4 is 68.3 Å². The summed E-state index contributed by atoms with van der Waals surface area (Å²) in [5.74, 6) is 0.545. The molecule has 1 amide bonds. The van der Waals surface area contributed by atoms with E-state index < -0.39 is 0 Å². The predicted octanol–water partition coefficient (Wildman–Crippen LogP) is 5.91. The number of methoxy groups -OCH3 is 1. The first-order chi connectivity index (χ1) is 13.1. The van der Waals surface area contributed by atoms with E-state index in [1.165, 1.54) is 16.7 Å². The molecule has 0 bridgehead atoms. The number of amides is 1. The van der Waals surface area contributed by atoms with E-state index in [0.29, 0.717) is 25.7 Å². The molecule has 0 radical (unpaired) electrons. The van der Waals surface area contributed by atoms with Crippen LogP contribution < -0.4 is 9.64 Å². The van der Waals surface area contributed by atoms with E-state index in [2.05, 4.69) is 0 Å². The van der Waals surface area contributed by atoms with Crippen LogP contribution in [0.1, 0.15) is 5.56 Å². The summed E-state index contributed by atoms with van der Waals surface area (Å²) in [6.07, 6.45) is 1.85. The quantitative estimate of drug-likeness (QED) is 0.396. The fourth-order valence-electron chi connectivity index (χ4n) is 3.04. The number of hydrogen-bond donors (Lipinski definition) is 0. The van der Waals surface area contributed by atoms with Crippen LogP contribution in [0.5, 0.6) is 5.75 Å². The summed E-state index contributed by atoms with van der Waals surface area (Å²) >= 11 is 12.8. The van der Waals surface area contributed by atoms with Crippen LogP contribution in [0.15, 0.2) is 65.6 Å². The number of carbonyl (C=O) groups excluding carboxylic acids is 1. The molecule has 0 aromatic heterocycles. The van der Waals surface area contributed by atoms with Crippen molar-refractivity contribution in [1.29, 1.82) is 0 Å². The Bertz CT molecular complexity index is 1110. The maximum atomic E-state index is 13.0. The van der Waals surface area contributed by atoms with Gasteiger partial charge in [0.2, 0.25) is 0 Å². The van der Waals surface area contributed by atoms with Gasteiger partial charge in [-0.1, -0.05) is 72.0 Å². The van der Waals surface area contributed by atoms with Gasteiger partial charge >= 0.3 is 0 Å². The van der Waals surface area contributed by atoms with Gasteiger partial charge in [0.15, 0.2) is 4.32 Å². The Morgan fingerprint density at radius 3 is 2.70 bits per heavy atom. The molecular weight excluding hydrogens is 398 g/mol. The van der Waals surface area contributed by atoms with Crippen LogP contribution in [0.2, 0.25) is 5.02 Å². The molecule has 3 aromatic carbocycles. The van der Waals surface area contributed by atoms with Gasteiger partial charge in [-0.15, -0.1) is 0 Å². The first-order valence-electron chi connectivity index (χ1n) is 8.18. The summed E-state index contributed by atoms with van der Waals surface area (Å²) in [7, 11) is 1.62. The van der Waals surface area contributed by atoms with Crippen LogP contribution in [-0.2, 0) is 4.79 Å². The molecule has 1 fully saturated rings. The van der Waals surface area contributed by atoms with Gasteiger partial charge in [0.25, 0.3) is 5.91 Å². The summed E-state index contributed by atoms with van der Waals surface area (Å²) in [5, 5.41) is 2.65. The number of nitrogens with zero attached hydrogens (tertiary/aromatic N) is 1. The highest BCUT2D eigenvalue weighted by molar-refractivity contribution is 8.27. The van der Waals surface area contributed by atoms with Gasteiger partial charge in [-0.05, 0) is 41.1 Å². The van der Waals surface area contributed by atoms with Crippen molar-refractivity contribution in [3.8, 4) is 5.75 Å². The zero-order valence-corrected chi connectivity index (χ0v) is 16.7. The molecule has 27 heavy (non-hydrogen) atoms. The van der Waals surface area contributed by atoms with Crippen molar-refractivity contribution in [2.75, 3.05) is 12.0 Å². The second kappa shape index (κ2) is 7.35. The minimum atomic E-state index is -0.165. The number of anilines is 1.